The van der Waals surface area contributed by atoms with Crippen molar-refractivity contribution in [1.29, 1.82) is 0 Å². The van der Waals surface area contributed by atoms with Gasteiger partial charge >= 0.3 is 5.97 Å². The molecule has 0 unspecified atom stereocenters. The molecule has 2 heterocycles. The van der Waals surface area contributed by atoms with Gasteiger partial charge in [-0.25, -0.2) is 9.50 Å². The molecule has 16 heavy (non-hydrogen) atoms. The number of carboxylic acids is 1. The van der Waals surface area contributed by atoms with Crippen LogP contribution in [0.3, 0.4) is 0 Å². The summed E-state index contributed by atoms with van der Waals surface area (Å²) in [5.74, 6) is -0.884. The Morgan fingerprint density at radius 2 is 2.12 bits per heavy atom. The van der Waals surface area contributed by atoms with E-state index in [1.54, 1.807) is 30.8 Å². The van der Waals surface area contributed by atoms with E-state index in [2.05, 4.69) is 10.1 Å². The molecule has 0 saturated carbocycles. The number of hydrogen-bond acceptors (Lipinski definition) is 3. The molecule has 2 aromatic heterocycles. The molecule has 84 valence electrons. The second-order valence-electron chi connectivity index (χ2n) is 4.39. The van der Waals surface area contributed by atoms with Gasteiger partial charge in [-0.1, -0.05) is 0 Å². The lowest BCUT2D eigenvalue weighted by Gasteiger charge is -2.16. The topological polar surface area (TPSA) is 67.5 Å². The minimum Gasteiger partial charge on any atom is -0.481 e. The number of hydrogen-bond donors (Lipinski definition) is 1. The summed E-state index contributed by atoms with van der Waals surface area (Å²) in [7, 11) is 0. The molecule has 0 aliphatic heterocycles. The van der Waals surface area contributed by atoms with Crippen molar-refractivity contribution in [2.75, 3.05) is 0 Å². The molecule has 0 saturated heterocycles. The quantitative estimate of drug-likeness (QED) is 0.829. The van der Waals surface area contributed by atoms with Crippen LogP contribution >= 0.6 is 0 Å². The van der Waals surface area contributed by atoms with Crippen molar-refractivity contribution in [2.45, 2.75) is 26.2 Å². The van der Waals surface area contributed by atoms with Crippen LogP contribution in [0, 0.1) is 6.92 Å². The summed E-state index contributed by atoms with van der Waals surface area (Å²) < 4.78 is 1.61. The monoisotopic (exact) mass is 219 g/mol. The fraction of sp³-hybridized carbons (Fsp3) is 0.364. The summed E-state index contributed by atoms with van der Waals surface area (Å²) in [5.41, 5.74) is 1.22. The molecular formula is C11H13N3O2. The Bertz CT molecular complexity index is 557. The zero-order valence-electron chi connectivity index (χ0n) is 9.43. The van der Waals surface area contributed by atoms with E-state index < -0.39 is 11.4 Å². The lowest BCUT2D eigenvalue weighted by molar-refractivity contribution is -0.142. The molecule has 0 bridgehead atoms. The highest BCUT2D eigenvalue weighted by Gasteiger charge is 2.33. The lowest BCUT2D eigenvalue weighted by atomic mass is 9.87. The van der Waals surface area contributed by atoms with Gasteiger partial charge in [-0.3, -0.25) is 4.79 Å². The Kier molecular flexibility index (Phi) is 2.18. The van der Waals surface area contributed by atoms with Crippen molar-refractivity contribution in [3.8, 4) is 0 Å². The zero-order valence-corrected chi connectivity index (χ0v) is 9.43. The number of aliphatic carboxylic acids is 1. The molecule has 0 aromatic carbocycles. The van der Waals surface area contributed by atoms with E-state index in [0.29, 0.717) is 11.2 Å². The molecule has 0 aliphatic carbocycles. The SMILES string of the molecule is Cc1cnc2c(C(C)(C)C(=O)O)cnn2c1. The maximum Gasteiger partial charge on any atom is 0.313 e. The van der Waals surface area contributed by atoms with Gasteiger partial charge in [0.2, 0.25) is 0 Å². The number of carboxylic acid groups (broad SMARTS) is 1. The molecule has 0 aliphatic rings. The van der Waals surface area contributed by atoms with E-state index in [1.165, 1.54) is 0 Å². The van der Waals surface area contributed by atoms with Crippen molar-refractivity contribution in [1.82, 2.24) is 14.6 Å². The molecule has 5 heteroatoms. The molecule has 0 spiro atoms. The zero-order chi connectivity index (χ0) is 11.9. The second kappa shape index (κ2) is 3.30. The number of carbonyl (C=O) groups is 1. The fourth-order valence-corrected chi connectivity index (χ4v) is 1.52. The van der Waals surface area contributed by atoms with Crippen LogP contribution in [0.2, 0.25) is 0 Å². The van der Waals surface area contributed by atoms with Crippen molar-refractivity contribution in [2.24, 2.45) is 0 Å². The van der Waals surface area contributed by atoms with Crippen LogP contribution in [0.1, 0.15) is 25.0 Å². The van der Waals surface area contributed by atoms with Crippen molar-refractivity contribution in [3.05, 3.63) is 29.7 Å². The number of aryl methyl sites for hydroxylation is 1. The molecule has 5 nitrogen and oxygen atoms in total. The Hall–Kier alpha value is -1.91. The number of rotatable bonds is 2. The van der Waals surface area contributed by atoms with Crippen LogP contribution in [-0.2, 0) is 10.2 Å². The average Bonchev–Trinajstić information content (AvgIpc) is 2.60. The highest BCUT2D eigenvalue weighted by atomic mass is 16.4. The van der Waals surface area contributed by atoms with E-state index >= 15 is 0 Å². The van der Waals surface area contributed by atoms with Crippen LogP contribution in [0.5, 0.6) is 0 Å². The lowest BCUT2D eigenvalue weighted by Crippen LogP contribution is -2.28. The van der Waals surface area contributed by atoms with Gasteiger partial charge in [-0.05, 0) is 26.3 Å². The number of aromatic nitrogens is 3. The van der Waals surface area contributed by atoms with Gasteiger partial charge in [-0.15, -0.1) is 0 Å². The van der Waals surface area contributed by atoms with Crippen molar-refractivity contribution < 1.29 is 9.90 Å². The van der Waals surface area contributed by atoms with Gasteiger partial charge in [0, 0.05) is 18.0 Å². The Labute approximate surface area is 92.7 Å². The normalized spacial score (nSPS) is 11.9. The molecule has 2 aromatic rings. The summed E-state index contributed by atoms with van der Waals surface area (Å²) in [6, 6.07) is 0. The van der Waals surface area contributed by atoms with Gasteiger partial charge in [0.1, 0.15) is 0 Å². The first-order valence-corrected chi connectivity index (χ1v) is 4.97. The predicted octanol–water partition coefficient (Wildman–Crippen LogP) is 1.40. The molecular weight excluding hydrogens is 206 g/mol. The fourth-order valence-electron chi connectivity index (χ4n) is 1.52. The highest BCUT2D eigenvalue weighted by Crippen LogP contribution is 2.26. The number of nitrogens with zero attached hydrogens (tertiary/aromatic N) is 3. The summed E-state index contributed by atoms with van der Waals surface area (Å²) in [5, 5.41) is 13.3. The molecule has 0 radical (unpaired) electrons. The Balaban J connectivity index is 2.67. The standard InChI is InChI=1S/C11H13N3O2/c1-7-4-12-9-8(5-13-14(9)6-7)11(2,3)10(15)16/h4-6H,1-3H3,(H,15,16). The molecule has 1 N–H and O–H groups in total. The minimum absolute atomic E-state index is 0.595. The van der Waals surface area contributed by atoms with Gasteiger partial charge in [0.25, 0.3) is 0 Å². The third-order valence-corrected chi connectivity index (χ3v) is 2.69. The predicted molar refractivity (Wildman–Crippen MR) is 58.4 cm³/mol. The van der Waals surface area contributed by atoms with Gasteiger partial charge in [0.05, 0.1) is 11.6 Å². The highest BCUT2D eigenvalue weighted by molar-refractivity contribution is 5.82. The first-order valence-electron chi connectivity index (χ1n) is 4.97. The van der Waals surface area contributed by atoms with Crippen molar-refractivity contribution in [3.63, 3.8) is 0 Å². The van der Waals surface area contributed by atoms with Crippen LogP contribution in [0.4, 0.5) is 0 Å². The maximum atomic E-state index is 11.2. The summed E-state index contributed by atoms with van der Waals surface area (Å²) >= 11 is 0. The van der Waals surface area contributed by atoms with E-state index in [1.807, 2.05) is 13.1 Å². The van der Waals surface area contributed by atoms with E-state index in [9.17, 15) is 4.79 Å². The van der Waals surface area contributed by atoms with Gasteiger partial charge < -0.3 is 5.11 Å². The van der Waals surface area contributed by atoms with Gasteiger partial charge in [0.15, 0.2) is 5.65 Å². The summed E-state index contributed by atoms with van der Waals surface area (Å²) in [6.45, 7) is 5.21. The van der Waals surface area contributed by atoms with Gasteiger partial charge in [-0.2, -0.15) is 5.10 Å². The Morgan fingerprint density at radius 3 is 2.75 bits per heavy atom. The number of fused-ring (bicyclic) bond motifs is 1. The molecule has 0 atom stereocenters. The van der Waals surface area contributed by atoms with Crippen LogP contribution < -0.4 is 0 Å². The molecule has 0 fully saturated rings. The molecule has 0 amide bonds. The van der Waals surface area contributed by atoms with Crippen LogP contribution in [0.25, 0.3) is 5.65 Å². The first kappa shape index (κ1) is 10.6. The summed E-state index contributed by atoms with van der Waals surface area (Å²) in [4.78, 5) is 15.4. The van der Waals surface area contributed by atoms with Crippen molar-refractivity contribution >= 4 is 11.6 Å². The molecule has 2 rings (SSSR count). The third-order valence-electron chi connectivity index (χ3n) is 2.69. The van der Waals surface area contributed by atoms with E-state index in [-0.39, 0.29) is 0 Å². The van der Waals surface area contributed by atoms with Crippen LogP contribution in [0.15, 0.2) is 18.6 Å². The van der Waals surface area contributed by atoms with E-state index in [0.717, 1.165) is 5.56 Å². The first-order chi connectivity index (χ1) is 7.43. The maximum absolute atomic E-state index is 11.2. The second-order valence-corrected chi connectivity index (χ2v) is 4.39. The minimum atomic E-state index is -0.982. The largest absolute Gasteiger partial charge is 0.481 e. The van der Waals surface area contributed by atoms with Crippen LogP contribution in [-0.4, -0.2) is 25.7 Å². The Morgan fingerprint density at radius 1 is 1.44 bits per heavy atom. The summed E-state index contributed by atoms with van der Waals surface area (Å²) in [6.07, 6.45) is 5.10. The third kappa shape index (κ3) is 1.44. The average molecular weight is 219 g/mol. The van der Waals surface area contributed by atoms with E-state index in [4.69, 9.17) is 5.11 Å². The smallest absolute Gasteiger partial charge is 0.313 e.